The molecule has 0 saturated heterocycles. The summed E-state index contributed by atoms with van der Waals surface area (Å²) in [7, 11) is 0. The van der Waals surface area contributed by atoms with Gasteiger partial charge < -0.3 is 4.90 Å². The number of nitrogens with zero attached hydrogens (tertiary/aromatic N) is 3. The molecule has 0 fully saturated rings. The van der Waals surface area contributed by atoms with Gasteiger partial charge in [-0.2, -0.15) is 0 Å². The molecule has 0 atom stereocenters. The van der Waals surface area contributed by atoms with Gasteiger partial charge in [0.25, 0.3) is 0 Å². The topological polar surface area (TPSA) is 29.0 Å². The van der Waals surface area contributed by atoms with E-state index in [1.165, 1.54) is 84.0 Å². The fourth-order valence-electron chi connectivity index (χ4n) is 7.03. The van der Waals surface area contributed by atoms with E-state index in [0.29, 0.717) is 0 Å². The van der Waals surface area contributed by atoms with Gasteiger partial charge in [0.1, 0.15) is 0 Å². The van der Waals surface area contributed by atoms with E-state index in [9.17, 15) is 0 Å². The number of hydrogen-bond donors (Lipinski definition) is 0. The number of rotatable bonds is 0. The van der Waals surface area contributed by atoms with Crippen LogP contribution in [0, 0.1) is 0 Å². The highest BCUT2D eigenvalue weighted by Crippen LogP contribution is 2.56. The van der Waals surface area contributed by atoms with Crippen molar-refractivity contribution in [1.82, 2.24) is 9.97 Å². The van der Waals surface area contributed by atoms with Crippen molar-refractivity contribution in [3.63, 3.8) is 0 Å². The number of aromatic nitrogens is 2. The van der Waals surface area contributed by atoms with Gasteiger partial charge in [0.2, 0.25) is 0 Å². The summed E-state index contributed by atoms with van der Waals surface area (Å²) in [4.78, 5) is 11.8. The van der Waals surface area contributed by atoms with Crippen LogP contribution in [0.3, 0.4) is 0 Å². The lowest BCUT2D eigenvalue weighted by Crippen LogP contribution is -2.26. The summed E-state index contributed by atoms with van der Waals surface area (Å²) in [6.07, 6.45) is 9.78. The number of pyridine rings is 2. The fraction of sp³-hybridized carbons (Fsp3) is 0.125. The summed E-state index contributed by atoms with van der Waals surface area (Å²) in [5, 5.41) is 0. The first-order valence-corrected chi connectivity index (χ1v) is 12.4. The van der Waals surface area contributed by atoms with Gasteiger partial charge in [0, 0.05) is 25.2 Å². The molecule has 0 unspecified atom stereocenters. The van der Waals surface area contributed by atoms with Gasteiger partial charge in [-0.25, -0.2) is 0 Å². The summed E-state index contributed by atoms with van der Waals surface area (Å²) < 4.78 is 0. The zero-order valence-electron chi connectivity index (χ0n) is 19.2. The van der Waals surface area contributed by atoms with Crippen molar-refractivity contribution in [3.8, 4) is 22.3 Å². The van der Waals surface area contributed by atoms with Crippen LogP contribution in [0.2, 0.25) is 0 Å². The number of benzene rings is 3. The van der Waals surface area contributed by atoms with E-state index < -0.39 is 0 Å². The highest BCUT2D eigenvalue weighted by Gasteiger charge is 2.37. The molecule has 2 aliphatic heterocycles. The monoisotopic (exact) mass is 447 g/mol. The van der Waals surface area contributed by atoms with Gasteiger partial charge in [-0.1, -0.05) is 42.5 Å². The van der Waals surface area contributed by atoms with Gasteiger partial charge in [-0.15, -0.1) is 0 Å². The lowest BCUT2D eigenvalue weighted by molar-refractivity contribution is 0.953. The van der Waals surface area contributed by atoms with Gasteiger partial charge >= 0.3 is 0 Å². The first kappa shape index (κ1) is 18.1. The average Bonchev–Trinajstić information content (AvgIpc) is 3.46. The predicted molar refractivity (Wildman–Crippen MR) is 139 cm³/mol. The van der Waals surface area contributed by atoms with Crippen LogP contribution in [0.25, 0.3) is 22.3 Å². The molecule has 3 nitrogen and oxygen atoms in total. The highest BCUT2D eigenvalue weighted by molar-refractivity contribution is 6.00. The second-order valence-corrected chi connectivity index (χ2v) is 10.2. The van der Waals surface area contributed by atoms with E-state index >= 15 is 0 Å². The van der Waals surface area contributed by atoms with Crippen LogP contribution >= 0.6 is 0 Å². The molecule has 35 heavy (non-hydrogen) atoms. The molecule has 164 valence electrons. The smallest absolute Gasteiger partial charge is 0.0716 e. The Hall–Kier alpha value is -4.24. The zero-order valence-corrected chi connectivity index (χ0v) is 19.2. The van der Waals surface area contributed by atoms with E-state index in [4.69, 9.17) is 4.98 Å². The fourth-order valence-corrected chi connectivity index (χ4v) is 7.03. The van der Waals surface area contributed by atoms with Crippen molar-refractivity contribution in [2.75, 3.05) is 4.90 Å². The zero-order chi connectivity index (χ0) is 22.7. The molecule has 3 aromatic carbocycles. The standard InChI is InChI=1S/C32H21N3/c1-2-4-24-18(3-1)13-20-5-6-22-14-21-7-8-27-25(30(21)31(22)29(20)24)15-23-10-12-34-26-16-19-9-11-33-17-28(19)35(27)32(23)26/h1-12,17H,13-16H2. The molecule has 4 aliphatic rings. The van der Waals surface area contributed by atoms with Crippen LogP contribution in [0.4, 0.5) is 17.1 Å². The Balaban J connectivity index is 1.36. The minimum Gasteiger partial charge on any atom is -0.306 e. The van der Waals surface area contributed by atoms with Gasteiger partial charge in [0.05, 0.1) is 29.0 Å². The first-order valence-electron chi connectivity index (χ1n) is 12.4. The molecule has 0 spiro atoms. The molecule has 4 heterocycles. The Morgan fingerprint density at radius 1 is 0.571 bits per heavy atom. The van der Waals surface area contributed by atoms with Crippen LogP contribution in [0.15, 0.2) is 79.3 Å². The van der Waals surface area contributed by atoms with Crippen molar-refractivity contribution >= 4 is 17.1 Å². The maximum atomic E-state index is 4.80. The molecule has 9 rings (SSSR count). The molecule has 2 aromatic heterocycles. The summed E-state index contributed by atoms with van der Waals surface area (Å²) in [6, 6.07) is 22.8. The second-order valence-electron chi connectivity index (χ2n) is 10.2. The van der Waals surface area contributed by atoms with E-state index in [1.54, 1.807) is 0 Å². The molecule has 2 aliphatic carbocycles. The third-order valence-electron chi connectivity index (χ3n) is 8.45. The summed E-state index contributed by atoms with van der Waals surface area (Å²) >= 11 is 0. The van der Waals surface area contributed by atoms with Crippen LogP contribution < -0.4 is 4.90 Å². The van der Waals surface area contributed by atoms with Crippen molar-refractivity contribution in [3.05, 3.63) is 124 Å². The van der Waals surface area contributed by atoms with Gasteiger partial charge in [-0.3, -0.25) is 9.97 Å². The molecule has 3 heteroatoms. The van der Waals surface area contributed by atoms with Gasteiger partial charge in [-0.05, 0) is 92.2 Å². The van der Waals surface area contributed by atoms with Crippen molar-refractivity contribution < 1.29 is 0 Å². The number of fused-ring (bicyclic) bond motifs is 12. The Bertz CT molecular complexity index is 1760. The Morgan fingerprint density at radius 3 is 2.34 bits per heavy atom. The SMILES string of the molecule is c1ccc2c(c1)Cc1ccc3c(c1-2)-c1c(ccc2c1Cc1ccnc4c1N2c1cnccc1C4)C3. The molecule has 0 radical (unpaired) electrons. The summed E-state index contributed by atoms with van der Waals surface area (Å²) in [5.74, 6) is 0. The summed E-state index contributed by atoms with van der Waals surface area (Å²) in [6.45, 7) is 0. The van der Waals surface area contributed by atoms with Gasteiger partial charge in [0.15, 0.2) is 0 Å². The minimum atomic E-state index is 0.866. The average molecular weight is 448 g/mol. The number of hydrogen-bond acceptors (Lipinski definition) is 3. The van der Waals surface area contributed by atoms with Crippen LogP contribution in [0.5, 0.6) is 0 Å². The molecule has 5 aromatic rings. The molecule has 0 saturated carbocycles. The lowest BCUT2D eigenvalue weighted by atomic mass is 9.84. The lowest BCUT2D eigenvalue weighted by Gasteiger charge is -2.39. The second kappa shape index (κ2) is 6.25. The maximum absolute atomic E-state index is 4.80. The quantitative estimate of drug-likeness (QED) is 0.253. The number of anilines is 3. The van der Waals surface area contributed by atoms with E-state index in [-0.39, 0.29) is 0 Å². The Morgan fingerprint density at radius 2 is 1.37 bits per heavy atom. The van der Waals surface area contributed by atoms with Crippen molar-refractivity contribution in [2.24, 2.45) is 0 Å². The molecule has 0 N–H and O–H groups in total. The maximum Gasteiger partial charge on any atom is 0.0716 e. The normalized spacial score (nSPS) is 14.9. The van der Waals surface area contributed by atoms with Crippen molar-refractivity contribution in [2.45, 2.75) is 25.7 Å². The van der Waals surface area contributed by atoms with E-state index in [1.807, 2.05) is 18.6 Å². The van der Waals surface area contributed by atoms with Crippen LogP contribution in [0.1, 0.15) is 44.6 Å². The van der Waals surface area contributed by atoms with Crippen LogP contribution in [-0.2, 0) is 25.7 Å². The largest absolute Gasteiger partial charge is 0.306 e. The Kier molecular flexibility index (Phi) is 3.24. The molecular formula is C32H21N3. The first-order chi connectivity index (χ1) is 17.3. The molecule has 0 amide bonds. The minimum absolute atomic E-state index is 0.866. The van der Waals surface area contributed by atoms with E-state index in [0.717, 1.165) is 25.7 Å². The third-order valence-corrected chi connectivity index (χ3v) is 8.45. The summed E-state index contributed by atoms with van der Waals surface area (Å²) in [5.41, 5.74) is 20.7. The Labute approximate surface area is 203 Å². The molecular weight excluding hydrogens is 426 g/mol. The third kappa shape index (κ3) is 2.21. The predicted octanol–water partition coefficient (Wildman–Crippen LogP) is 6.90. The molecule has 0 bridgehead atoms. The van der Waals surface area contributed by atoms with E-state index in [2.05, 4.69) is 70.5 Å². The van der Waals surface area contributed by atoms with Crippen molar-refractivity contribution in [1.29, 1.82) is 0 Å². The van der Waals surface area contributed by atoms with Crippen LogP contribution in [-0.4, -0.2) is 9.97 Å². The highest BCUT2D eigenvalue weighted by atomic mass is 15.2.